The van der Waals surface area contributed by atoms with Crippen LogP contribution >= 0.6 is 0 Å². The highest BCUT2D eigenvalue weighted by atomic mass is 16.2. The number of carbonyl (C=O) groups is 1. The number of aryl methyl sites for hydroxylation is 1. The third-order valence-electron chi connectivity index (χ3n) is 4.35. The van der Waals surface area contributed by atoms with Crippen LogP contribution in [-0.2, 0) is 6.42 Å². The van der Waals surface area contributed by atoms with Crippen molar-refractivity contribution in [3.8, 4) is 0 Å². The van der Waals surface area contributed by atoms with Crippen molar-refractivity contribution < 1.29 is 4.79 Å². The Morgan fingerprint density at radius 2 is 2.14 bits per heavy atom. The van der Waals surface area contributed by atoms with Gasteiger partial charge in [0.25, 0.3) is 5.91 Å². The maximum atomic E-state index is 12.8. The molecule has 1 unspecified atom stereocenters. The van der Waals surface area contributed by atoms with Crippen LogP contribution in [0.2, 0.25) is 0 Å². The number of hydrogen-bond donors (Lipinski definition) is 1. The zero-order valence-corrected chi connectivity index (χ0v) is 12.9. The summed E-state index contributed by atoms with van der Waals surface area (Å²) in [7, 11) is 0. The van der Waals surface area contributed by atoms with Crippen LogP contribution in [-0.4, -0.2) is 22.3 Å². The van der Waals surface area contributed by atoms with E-state index in [9.17, 15) is 9.59 Å². The van der Waals surface area contributed by atoms with Crippen molar-refractivity contribution in [3.05, 3.63) is 69.1 Å². The minimum atomic E-state index is -0.213. The van der Waals surface area contributed by atoms with Crippen molar-refractivity contribution in [1.82, 2.24) is 9.88 Å². The van der Waals surface area contributed by atoms with E-state index in [1.54, 1.807) is 0 Å². The fraction of sp³-hybridized carbons (Fsp3) is 0.333. The lowest BCUT2D eigenvalue weighted by Gasteiger charge is -2.37. The molecule has 2 heterocycles. The lowest BCUT2D eigenvalue weighted by molar-refractivity contribution is 0.0654. The van der Waals surface area contributed by atoms with Gasteiger partial charge >= 0.3 is 0 Å². The summed E-state index contributed by atoms with van der Waals surface area (Å²) in [6.07, 6.45) is 3.21. The number of hydrogen-bond acceptors (Lipinski definition) is 2. The van der Waals surface area contributed by atoms with Gasteiger partial charge in [0, 0.05) is 24.5 Å². The molecule has 114 valence electrons. The highest BCUT2D eigenvalue weighted by Gasteiger charge is 2.30. The summed E-state index contributed by atoms with van der Waals surface area (Å²) in [6.45, 7) is 4.54. The molecule has 3 rings (SSSR count). The number of carbonyl (C=O) groups excluding carboxylic acids is 1. The Morgan fingerprint density at radius 1 is 1.36 bits per heavy atom. The summed E-state index contributed by atoms with van der Waals surface area (Å²) >= 11 is 0. The number of rotatable bonds is 2. The number of fused-ring (bicyclic) bond motifs is 1. The summed E-state index contributed by atoms with van der Waals surface area (Å²) in [5.74, 6) is -0.178. The molecule has 0 saturated heterocycles. The first-order chi connectivity index (χ1) is 10.6. The van der Waals surface area contributed by atoms with Gasteiger partial charge in [-0.1, -0.05) is 31.2 Å². The van der Waals surface area contributed by atoms with E-state index < -0.39 is 0 Å². The third kappa shape index (κ3) is 2.45. The number of nitrogens with one attached hydrogen (secondary N) is 1. The fourth-order valence-electron chi connectivity index (χ4n) is 3.23. The summed E-state index contributed by atoms with van der Waals surface area (Å²) < 4.78 is 0. The van der Waals surface area contributed by atoms with Gasteiger partial charge in [-0.3, -0.25) is 9.59 Å². The molecule has 0 bridgehead atoms. The molecule has 1 N–H and O–H groups in total. The maximum Gasteiger partial charge on any atom is 0.259 e. The monoisotopic (exact) mass is 296 g/mol. The molecule has 1 amide bonds. The van der Waals surface area contributed by atoms with Crippen molar-refractivity contribution in [2.24, 2.45) is 0 Å². The Labute approximate surface area is 129 Å². The molecular weight excluding hydrogens is 276 g/mol. The Bertz CT molecular complexity index is 764. The number of pyridine rings is 1. The zero-order valence-electron chi connectivity index (χ0n) is 12.9. The van der Waals surface area contributed by atoms with E-state index in [1.165, 1.54) is 23.4 Å². The van der Waals surface area contributed by atoms with Gasteiger partial charge in [-0.05, 0) is 30.9 Å². The van der Waals surface area contributed by atoms with Gasteiger partial charge in [0.15, 0.2) is 5.43 Å². The summed E-state index contributed by atoms with van der Waals surface area (Å²) in [5, 5.41) is 0. The molecule has 4 nitrogen and oxygen atoms in total. The van der Waals surface area contributed by atoms with E-state index in [4.69, 9.17) is 0 Å². The van der Waals surface area contributed by atoms with Gasteiger partial charge in [-0.25, -0.2) is 0 Å². The predicted molar refractivity (Wildman–Crippen MR) is 86.0 cm³/mol. The quantitative estimate of drug-likeness (QED) is 0.926. The van der Waals surface area contributed by atoms with Crippen LogP contribution in [0.15, 0.2) is 41.3 Å². The number of benzene rings is 1. The van der Waals surface area contributed by atoms with Crippen molar-refractivity contribution in [3.63, 3.8) is 0 Å². The first kappa shape index (κ1) is 14.6. The van der Waals surface area contributed by atoms with E-state index in [1.807, 2.05) is 24.0 Å². The van der Waals surface area contributed by atoms with Gasteiger partial charge in [0.05, 0.1) is 6.04 Å². The summed E-state index contributed by atoms with van der Waals surface area (Å²) in [5.41, 5.74) is 3.28. The number of nitrogens with zero attached hydrogens (tertiary/aromatic N) is 1. The second-order valence-electron chi connectivity index (χ2n) is 5.77. The van der Waals surface area contributed by atoms with Crippen LogP contribution < -0.4 is 5.43 Å². The maximum absolute atomic E-state index is 12.8. The first-order valence-corrected chi connectivity index (χ1v) is 7.70. The molecule has 1 aromatic carbocycles. The zero-order chi connectivity index (χ0) is 15.7. The molecule has 0 fully saturated rings. The highest BCUT2D eigenvalue weighted by Crippen LogP contribution is 2.32. The van der Waals surface area contributed by atoms with E-state index in [2.05, 4.69) is 24.0 Å². The summed E-state index contributed by atoms with van der Waals surface area (Å²) in [4.78, 5) is 29.7. The van der Waals surface area contributed by atoms with E-state index in [0.717, 1.165) is 18.5 Å². The van der Waals surface area contributed by atoms with Gasteiger partial charge in [-0.2, -0.15) is 0 Å². The van der Waals surface area contributed by atoms with Crippen LogP contribution in [0.5, 0.6) is 0 Å². The molecule has 22 heavy (non-hydrogen) atoms. The van der Waals surface area contributed by atoms with Gasteiger partial charge in [-0.15, -0.1) is 0 Å². The average molecular weight is 296 g/mol. The molecule has 1 aliphatic rings. The number of aromatic nitrogens is 1. The minimum Gasteiger partial charge on any atom is -0.364 e. The Kier molecular flexibility index (Phi) is 3.84. The normalized spacial score (nSPS) is 17.2. The lowest BCUT2D eigenvalue weighted by Crippen LogP contribution is -2.41. The van der Waals surface area contributed by atoms with Crippen LogP contribution in [0.3, 0.4) is 0 Å². The number of amides is 1. The molecule has 0 saturated carbocycles. The third-order valence-corrected chi connectivity index (χ3v) is 4.35. The van der Waals surface area contributed by atoms with E-state index in [0.29, 0.717) is 6.54 Å². The summed E-state index contributed by atoms with van der Waals surface area (Å²) in [6, 6.07) is 9.77. The van der Waals surface area contributed by atoms with Gasteiger partial charge < -0.3 is 9.88 Å². The molecule has 0 spiro atoms. The van der Waals surface area contributed by atoms with Crippen molar-refractivity contribution >= 4 is 5.91 Å². The van der Waals surface area contributed by atoms with Crippen molar-refractivity contribution in [2.45, 2.75) is 32.7 Å². The largest absolute Gasteiger partial charge is 0.364 e. The van der Waals surface area contributed by atoms with Crippen LogP contribution in [0.25, 0.3) is 0 Å². The van der Waals surface area contributed by atoms with Gasteiger partial charge in [0.1, 0.15) is 5.56 Å². The van der Waals surface area contributed by atoms with E-state index in [-0.39, 0.29) is 22.9 Å². The van der Waals surface area contributed by atoms with Crippen LogP contribution in [0, 0.1) is 6.92 Å². The second-order valence-corrected chi connectivity index (χ2v) is 5.77. The topological polar surface area (TPSA) is 53.2 Å². The molecule has 1 atom stereocenters. The SMILES string of the molecule is CCC1c2ccccc2CCN1C(=O)c1c[nH]c(C)cc1=O. The lowest BCUT2D eigenvalue weighted by atomic mass is 9.90. The van der Waals surface area contributed by atoms with E-state index >= 15 is 0 Å². The smallest absolute Gasteiger partial charge is 0.259 e. The number of H-pyrrole nitrogens is 1. The fourth-order valence-corrected chi connectivity index (χ4v) is 3.23. The average Bonchev–Trinajstić information content (AvgIpc) is 2.53. The minimum absolute atomic E-state index is 0.0400. The molecule has 0 radical (unpaired) electrons. The number of aromatic amines is 1. The first-order valence-electron chi connectivity index (χ1n) is 7.70. The molecule has 2 aromatic rings. The predicted octanol–water partition coefficient (Wildman–Crippen LogP) is 2.83. The van der Waals surface area contributed by atoms with Gasteiger partial charge in [0.2, 0.25) is 0 Å². The van der Waals surface area contributed by atoms with Crippen molar-refractivity contribution in [1.29, 1.82) is 0 Å². The molecular formula is C18H20N2O2. The molecule has 1 aromatic heterocycles. The Hall–Kier alpha value is -2.36. The molecule has 4 heteroatoms. The molecule has 1 aliphatic heterocycles. The van der Waals surface area contributed by atoms with Crippen LogP contribution in [0.1, 0.15) is 46.6 Å². The van der Waals surface area contributed by atoms with Crippen LogP contribution in [0.4, 0.5) is 0 Å². The highest BCUT2D eigenvalue weighted by molar-refractivity contribution is 5.94. The molecule has 0 aliphatic carbocycles. The Balaban J connectivity index is 1.98. The second kappa shape index (κ2) is 5.79. The Morgan fingerprint density at radius 3 is 2.86 bits per heavy atom. The van der Waals surface area contributed by atoms with Crippen molar-refractivity contribution in [2.75, 3.05) is 6.54 Å². The standard InChI is InChI=1S/C18H20N2O2/c1-3-16-14-7-5-4-6-13(14)8-9-20(16)18(22)15-11-19-12(2)10-17(15)21/h4-7,10-11,16H,3,8-9H2,1-2H3,(H,19,21).